The highest BCUT2D eigenvalue weighted by Crippen LogP contribution is 2.13. The lowest BCUT2D eigenvalue weighted by molar-refractivity contribution is 0.0285. The van der Waals surface area contributed by atoms with Crippen LogP contribution in [0.5, 0.6) is 0 Å². The van der Waals surface area contributed by atoms with Crippen LogP contribution in [0.25, 0.3) is 0 Å². The standard InChI is InChI=1S/C20H19NO5/c1-13-3-7-15(8-4-13)19(22)24-11-17-18(12-25-21-17)26-20(23)16-9-5-14(2)6-10-16/h3-10,18H,11-12H2,1-2H3. The van der Waals surface area contributed by atoms with Crippen LogP contribution in [0.1, 0.15) is 31.8 Å². The maximum Gasteiger partial charge on any atom is 0.338 e. The molecule has 0 radical (unpaired) electrons. The Labute approximate surface area is 151 Å². The van der Waals surface area contributed by atoms with Crippen LogP contribution in [-0.2, 0) is 14.3 Å². The molecule has 134 valence electrons. The molecule has 1 aliphatic heterocycles. The van der Waals surface area contributed by atoms with E-state index >= 15 is 0 Å². The van der Waals surface area contributed by atoms with Gasteiger partial charge in [0.1, 0.15) is 12.3 Å². The van der Waals surface area contributed by atoms with Crippen molar-refractivity contribution >= 4 is 17.7 Å². The second kappa shape index (κ2) is 7.82. The number of aryl methyl sites for hydroxylation is 2. The van der Waals surface area contributed by atoms with Crippen LogP contribution in [0.15, 0.2) is 53.7 Å². The molecule has 26 heavy (non-hydrogen) atoms. The van der Waals surface area contributed by atoms with Gasteiger partial charge in [0.2, 0.25) is 0 Å². The number of nitrogens with zero attached hydrogens (tertiary/aromatic N) is 1. The number of oxime groups is 1. The third-order valence-corrected chi connectivity index (χ3v) is 3.95. The number of hydrogen-bond donors (Lipinski definition) is 0. The SMILES string of the molecule is Cc1ccc(C(=O)OCC2=NOCC2OC(=O)c2ccc(C)cc2)cc1. The molecule has 0 spiro atoms. The van der Waals surface area contributed by atoms with Crippen molar-refractivity contribution in [1.29, 1.82) is 0 Å². The average molecular weight is 353 g/mol. The Kier molecular flexibility index (Phi) is 5.31. The quantitative estimate of drug-likeness (QED) is 0.772. The Hall–Kier alpha value is -3.15. The van der Waals surface area contributed by atoms with E-state index in [4.69, 9.17) is 14.3 Å². The van der Waals surface area contributed by atoms with Gasteiger partial charge in [-0.1, -0.05) is 40.5 Å². The lowest BCUT2D eigenvalue weighted by Gasteiger charge is -2.13. The van der Waals surface area contributed by atoms with E-state index in [0.717, 1.165) is 11.1 Å². The number of hydrogen-bond acceptors (Lipinski definition) is 6. The molecule has 0 fully saturated rings. The number of benzene rings is 2. The summed E-state index contributed by atoms with van der Waals surface area (Å²) in [5.41, 5.74) is 3.36. The summed E-state index contributed by atoms with van der Waals surface area (Å²) in [5.74, 6) is -0.943. The van der Waals surface area contributed by atoms with Gasteiger partial charge in [-0.25, -0.2) is 9.59 Å². The van der Waals surface area contributed by atoms with Crippen LogP contribution < -0.4 is 0 Å². The fourth-order valence-electron chi connectivity index (χ4n) is 2.36. The molecule has 1 heterocycles. The normalized spacial score (nSPS) is 15.8. The van der Waals surface area contributed by atoms with Gasteiger partial charge in [-0.3, -0.25) is 0 Å². The number of ether oxygens (including phenoxy) is 2. The van der Waals surface area contributed by atoms with Gasteiger partial charge < -0.3 is 14.3 Å². The number of carbonyl (C=O) groups excluding carboxylic acids is 2. The highest BCUT2D eigenvalue weighted by atomic mass is 16.7. The predicted molar refractivity (Wildman–Crippen MR) is 95.2 cm³/mol. The molecule has 0 aliphatic carbocycles. The summed E-state index contributed by atoms with van der Waals surface area (Å²) in [6.07, 6.45) is -0.672. The van der Waals surface area contributed by atoms with Gasteiger partial charge in [-0.05, 0) is 38.1 Å². The first kappa shape index (κ1) is 17.7. The summed E-state index contributed by atoms with van der Waals surface area (Å²) in [6.45, 7) is 3.88. The van der Waals surface area contributed by atoms with E-state index in [2.05, 4.69) is 5.16 Å². The molecule has 2 aromatic rings. The maximum atomic E-state index is 12.2. The fraction of sp³-hybridized carbons (Fsp3) is 0.250. The van der Waals surface area contributed by atoms with E-state index < -0.39 is 18.0 Å². The highest BCUT2D eigenvalue weighted by Gasteiger charge is 2.29. The van der Waals surface area contributed by atoms with Crippen molar-refractivity contribution in [3.8, 4) is 0 Å². The summed E-state index contributed by atoms with van der Waals surface area (Å²) < 4.78 is 10.7. The van der Waals surface area contributed by atoms with Crippen molar-refractivity contribution in [3.63, 3.8) is 0 Å². The minimum Gasteiger partial charge on any atom is -0.456 e. The first-order valence-electron chi connectivity index (χ1n) is 8.23. The van der Waals surface area contributed by atoms with Crippen LogP contribution in [0.4, 0.5) is 0 Å². The van der Waals surface area contributed by atoms with Gasteiger partial charge >= 0.3 is 11.9 Å². The molecule has 2 aromatic carbocycles. The maximum absolute atomic E-state index is 12.2. The summed E-state index contributed by atoms with van der Waals surface area (Å²) in [7, 11) is 0. The zero-order chi connectivity index (χ0) is 18.5. The molecule has 6 nitrogen and oxygen atoms in total. The Morgan fingerprint density at radius 2 is 1.50 bits per heavy atom. The van der Waals surface area contributed by atoms with E-state index in [9.17, 15) is 9.59 Å². The predicted octanol–water partition coefficient (Wildman–Crippen LogP) is 3.07. The number of esters is 2. The van der Waals surface area contributed by atoms with Gasteiger partial charge in [0, 0.05) is 0 Å². The molecule has 0 N–H and O–H groups in total. The van der Waals surface area contributed by atoms with Crippen LogP contribution in [0.3, 0.4) is 0 Å². The topological polar surface area (TPSA) is 74.2 Å². The van der Waals surface area contributed by atoms with Gasteiger partial charge in [-0.15, -0.1) is 0 Å². The van der Waals surface area contributed by atoms with Crippen LogP contribution in [0, 0.1) is 13.8 Å². The Balaban J connectivity index is 1.56. The lowest BCUT2D eigenvalue weighted by Crippen LogP contribution is -2.30. The molecule has 0 saturated heterocycles. The molecular formula is C20H19NO5. The molecule has 0 aromatic heterocycles. The fourth-order valence-corrected chi connectivity index (χ4v) is 2.36. The van der Waals surface area contributed by atoms with Crippen molar-refractivity contribution in [3.05, 3.63) is 70.8 Å². The average Bonchev–Trinajstić information content (AvgIpc) is 3.08. The second-order valence-corrected chi connectivity index (χ2v) is 6.08. The van der Waals surface area contributed by atoms with E-state index in [-0.39, 0.29) is 13.2 Å². The summed E-state index contributed by atoms with van der Waals surface area (Å²) >= 11 is 0. The van der Waals surface area contributed by atoms with Crippen molar-refractivity contribution < 1.29 is 23.9 Å². The van der Waals surface area contributed by atoms with Gasteiger partial charge in [0.25, 0.3) is 0 Å². The van der Waals surface area contributed by atoms with Crippen molar-refractivity contribution in [1.82, 2.24) is 0 Å². The van der Waals surface area contributed by atoms with Crippen molar-refractivity contribution in [2.24, 2.45) is 5.16 Å². The van der Waals surface area contributed by atoms with E-state index in [1.165, 1.54) is 0 Å². The van der Waals surface area contributed by atoms with E-state index in [1.807, 2.05) is 38.1 Å². The minimum atomic E-state index is -0.672. The van der Waals surface area contributed by atoms with Gasteiger partial charge in [0.15, 0.2) is 12.7 Å². The Morgan fingerprint density at radius 3 is 2.08 bits per heavy atom. The van der Waals surface area contributed by atoms with Crippen molar-refractivity contribution in [2.45, 2.75) is 20.0 Å². The molecular weight excluding hydrogens is 334 g/mol. The third-order valence-electron chi connectivity index (χ3n) is 3.95. The summed E-state index contributed by atoms with van der Waals surface area (Å²) in [5, 5.41) is 3.82. The number of rotatable bonds is 5. The largest absolute Gasteiger partial charge is 0.456 e. The first-order valence-corrected chi connectivity index (χ1v) is 8.23. The molecule has 6 heteroatoms. The van der Waals surface area contributed by atoms with Crippen LogP contribution >= 0.6 is 0 Å². The molecule has 0 bridgehead atoms. The summed E-state index contributed by atoms with van der Waals surface area (Å²) in [6, 6.07) is 14.1. The zero-order valence-corrected chi connectivity index (χ0v) is 14.6. The molecule has 1 atom stereocenters. The molecule has 3 rings (SSSR count). The minimum absolute atomic E-state index is 0.0987. The van der Waals surface area contributed by atoms with E-state index in [0.29, 0.717) is 16.8 Å². The highest BCUT2D eigenvalue weighted by molar-refractivity contribution is 5.97. The van der Waals surface area contributed by atoms with Crippen LogP contribution in [-0.4, -0.2) is 37.0 Å². The van der Waals surface area contributed by atoms with Gasteiger partial charge in [-0.2, -0.15) is 0 Å². The molecule has 1 unspecified atom stereocenters. The Bertz CT molecular complexity index is 824. The van der Waals surface area contributed by atoms with Gasteiger partial charge in [0.05, 0.1) is 11.1 Å². The third kappa shape index (κ3) is 4.27. The zero-order valence-electron chi connectivity index (χ0n) is 14.6. The Morgan fingerprint density at radius 1 is 0.962 bits per heavy atom. The first-order chi connectivity index (χ1) is 12.5. The smallest absolute Gasteiger partial charge is 0.338 e. The van der Waals surface area contributed by atoms with Crippen molar-refractivity contribution in [2.75, 3.05) is 13.2 Å². The monoisotopic (exact) mass is 353 g/mol. The molecule has 0 amide bonds. The lowest BCUT2D eigenvalue weighted by atomic mass is 10.1. The van der Waals surface area contributed by atoms with Crippen LogP contribution in [0.2, 0.25) is 0 Å². The molecule has 0 saturated carbocycles. The second-order valence-electron chi connectivity index (χ2n) is 6.08. The molecule has 1 aliphatic rings. The summed E-state index contributed by atoms with van der Waals surface area (Å²) in [4.78, 5) is 29.3. The number of carbonyl (C=O) groups is 2. The van der Waals surface area contributed by atoms with E-state index in [1.54, 1.807) is 24.3 Å².